The van der Waals surface area contributed by atoms with E-state index >= 15 is 0 Å². The first-order chi connectivity index (χ1) is 7.45. The standard InChI is InChI=1S/C9H15F3N2O2/c10-9(11,12)8(15)14(4-3-13)6-7-2-1-5-16-7/h7H,1-6,13H2. The smallest absolute Gasteiger partial charge is 0.376 e. The molecule has 94 valence electrons. The quantitative estimate of drug-likeness (QED) is 0.779. The molecule has 0 bridgehead atoms. The molecule has 1 heterocycles. The lowest BCUT2D eigenvalue weighted by atomic mass is 10.2. The summed E-state index contributed by atoms with van der Waals surface area (Å²) in [4.78, 5) is 11.8. The number of ether oxygens (including phenoxy) is 1. The van der Waals surface area contributed by atoms with Gasteiger partial charge in [0.1, 0.15) is 0 Å². The minimum Gasteiger partial charge on any atom is -0.376 e. The maximum absolute atomic E-state index is 12.2. The monoisotopic (exact) mass is 240 g/mol. The van der Waals surface area contributed by atoms with E-state index in [2.05, 4.69) is 0 Å². The summed E-state index contributed by atoms with van der Waals surface area (Å²) >= 11 is 0. The lowest BCUT2D eigenvalue weighted by Gasteiger charge is -2.25. The molecule has 0 radical (unpaired) electrons. The molecule has 0 aromatic rings. The topological polar surface area (TPSA) is 55.6 Å². The summed E-state index contributed by atoms with van der Waals surface area (Å²) in [7, 11) is 0. The van der Waals surface area contributed by atoms with Gasteiger partial charge >= 0.3 is 12.1 Å². The fourth-order valence-electron chi connectivity index (χ4n) is 1.65. The summed E-state index contributed by atoms with van der Waals surface area (Å²) in [5.41, 5.74) is 5.18. The Balaban J connectivity index is 2.55. The third kappa shape index (κ3) is 3.64. The van der Waals surface area contributed by atoms with E-state index in [9.17, 15) is 18.0 Å². The van der Waals surface area contributed by atoms with Crippen molar-refractivity contribution in [3.63, 3.8) is 0 Å². The first-order valence-corrected chi connectivity index (χ1v) is 5.13. The van der Waals surface area contributed by atoms with Crippen LogP contribution in [0.15, 0.2) is 0 Å². The Bertz CT molecular complexity index is 239. The molecule has 0 aliphatic carbocycles. The molecule has 1 unspecified atom stereocenters. The van der Waals surface area contributed by atoms with Crippen molar-refractivity contribution in [1.29, 1.82) is 0 Å². The van der Waals surface area contributed by atoms with Crippen LogP contribution in [0.4, 0.5) is 13.2 Å². The van der Waals surface area contributed by atoms with E-state index in [0.717, 1.165) is 11.3 Å². The Labute approximate surface area is 91.5 Å². The second kappa shape index (κ2) is 5.49. The van der Waals surface area contributed by atoms with Crippen molar-refractivity contribution in [2.45, 2.75) is 25.1 Å². The van der Waals surface area contributed by atoms with Gasteiger partial charge in [-0.05, 0) is 12.8 Å². The van der Waals surface area contributed by atoms with Gasteiger partial charge in [-0.15, -0.1) is 0 Å². The van der Waals surface area contributed by atoms with E-state index in [1.54, 1.807) is 0 Å². The molecule has 7 heteroatoms. The fourth-order valence-corrected chi connectivity index (χ4v) is 1.65. The zero-order valence-electron chi connectivity index (χ0n) is 8.79. The van der Waals surface area contributed by atoms with E-state index in [-0.39, 0.29) is 25.7 Å². The highest BCUT2D eigenvalue weighted by Crippen LogP contribution is 2.20. The van der Waals surface area contributed by atoms with Crippen LogP contribution < -0.4 is 5.73 Å². The Hall–Kier alpha value is -0.820. The van der Waals surface area contributed by atoms with E-state index in [1.807, 2.05) is 0 Å². The molecular weight excluding hydrogens is 225 g/mol. The molecule has 1 rings (SSSR count). The van der Waals surface area contributed by atoms with Crippen molar-refractivity contribution >= 4 is 5.91 Å². The predicted octanol–water partition coefficient (Wildman–Crippen LogP) is 0.515. The van der Waals surface area contributed by atoms with Crippen molar-refractivity contribution in [2.24, 2.45) is 5.73 Å². The van der Waals surface area contributed by atoms with Crippen molar-refractivity contribution in [2.75, 3.05) is 26.2 Å². The van der Waals surface area contributed by atoms with Crippen LogP contribution in [0.3, 0.4) is 0 Å². The number of amides is 1. The average molecular weight is 240 g/mol. The van der Waals surface area contributed by atoms with Gasteiger partial charge < -0.3 is 15.4 Å². The summed E-state index contributed by atoms with van der Waals surface area (Å²) in [5.74, 6) is -1.84. The van der Waals surface area contributed by atoms with Gasteiger partial charge in [-0.1, -0.05) is 0 Å². The highest BCUT2D eigenvalue weighted by atomic mass is 19.4. The van der Waals surface area contributed by atoms with Crippen molar-refractivity contribution in [3.05, 3.63) is 0 Å². The largest absolute Gasteiger partial charge is 0.471 e. The summed E-state index contributed by atoms with van der Waals surface area (Å²) in [6.07, 6.45) is -3.63. The van der Waals surface area contributed by atoms with Gasteiger partial charge in [0.15, 0.2) is 0 Å². The first-order valence-electron chi connectivity index (χ1n) is 5.13. The van der Waals surface area contributed by atoms with Crippen LogP contribution in [-0.2, 0) is 9.53 Å². The van der Waals surface area contributed by atoms with Gasteiger partial charge in [0.25, 0.3) is 0 Å². The maximum Gasteiger partial charge on any atom is 0.471 e. The Morgan fingerprint density at radius 3 is 2.62 bits per heavy atom. The Morgan fingerprint density at radius 2 is 2.19 bits per heavy atom. The molecule has 1 fully saturated rings. The Morgan fingerprint density at radius 1 is 1.50 bits per heavy atom. The van der Waals surface area contributed by atoms with E-state index < -0.39 is 12.1 Å². The number of carbonyl (C=O) groups excluding carboxylic acids is 1. The van der Waals surface area contributed by atoms with Crippen LogP contribution in [0.2, 0.25) is 0 Å². The molecular formula is C9H15F3N2O2. The van der Waals surface area contributed by atoms with Crippen molar-refractivity contribution < 1.29 is 22.7 Å². The van der Waals surface area contributed by atoms with E-state index in [0.29, 0.717) is 13.0 Å². The van der Waals surface area contributed by atoms with Crippen LogP contribution in [0, 0.1) is 0 Å². The summed E-state index contributed by atoms with van der Waals surface area (Å²) in [6.45, 7) is 0.420. The number of nitrogens with two attached hydrogens (primary N) is 1. The second-order valence-corrected chi connectivity index (χ2v) is 3.67. The molecule has 1 aliphatic rings. The number of hydrogen-bond donors (Lipinski definition) is 1. The number of halogens is 3. The molecule has 1 aliphatic heterocycles. The third-order valence-electron chi connectivity index (χ3n) is 2.38. The molecule has 0 spiro atoms. The molecule has 0 aromatic heterocycles. The van der Waals surface area contributed by atoms with Crippen LogP contribution in [-0.4, -0.2) is 49.3 Å². The van der Waals surface area contributed by atoms with Gasteiger partial charge in [-0.25, -0.2) is 0 Å². The van der Waals surface area contributed by atoms with Crippen LogP contribution in [0.5, 0.6) is 0 Å². The fraction of sp³-hybridized carbons (Fsp3) is 0.889. The molecule has 0 aromatic carbocycles. The molecule has 4 nitrogen and oxygen atoms in total. The molecule has 1 saturated heterocycles. The zero-order chi connectivity index (χ0) is 12.2. The van der Waals surface area contributed by atoms with Crippen molar-refractivity contribution in [1.82, 2.24) is 4.90 Å². The van der Waals surface area contributed by atoms with Gasteiger partial charge in [0.05, 0.1) is 6.10 Å². The van der Waals surface area contributed by atoms with Gasteiger partial charge in [-0.3, -0.25) is 4.79 Å². The number of alkyl halides is 3. The molecule has 16 heavy (non-hydrogen) atoms. The predicted molar refractivity (Wildman–Crippen MR) is 50.7 cm³/mol. The molecule has 0 saturated carbocycles. The van der Waals surface area contributed by atoms with Crippen LogP contribution >= 0.6 is 0 Å². The zero-order valence-corrected chi connectivity index (χ0v) is 8.79. The molecule has 1 atom stereocenters. The summed E-state index contributed by atoms with van der Waals surface area (Å²) < 4.78 is 41.9. The molecule has 2 N–H and O–H groups in total. The summed E-state index contributed by atoms with van der Waals surface area (Å²) in [5, 5.41) is 0. The lowest BCUT2D eigenvalue weighted by molar-refractivity contribution is -0.186. The first kappa shape index (κ1) is 13.2. The highest BCUT2D eigenvalue weighted by Gasteiger charge is 2.42. The van der Waals surface area contributed by atoms with E-state index in [1.165, 1.54) is 0 Å². The molecule has 1 amide bonds. The van der Waals surface area contributed by atoms with E-state index in [4.69, 9.17) is 10.5 Å². The second-order valence-electron chi connectivity index (χ2n) is 3.67. The van der Waals surface area contributed by atoms with Gasteiger partial charge in [0.2, 0.25) is 0 Å². The number of carbonyl (C=O) groups is 1. The van der Waals surface area contributed by atoms with Crippen LogP contribution in [0.1, 0.15) is 12.8 Å². The number of hydrogen-bond acceptors (Lipinski definition) is 3. The maximum atomic E-state index is 12.2. The van der Waals surface area contributed by atoms with Gasteiger partial charge in [0, 0.05) is 26.2 Å². The normalized spacial score (nSPS) is 21.1. The van der Waals surface area contributed by atoms with Crippen molar-refractivity contribution in [3.8, 4) is 0 Å². The van der Waals surface area contributed by atoms with Gasteiger partial charge in [-0.2, -0.15) is 13.2 Å². The number of nitrogens with zero attached hydrogens (tertiary/aromatic N) is 1. The van der Waals surface area contributed by atoms with Crippen LogP contribution in [0.25, 0.3) is 0 Å². The Kier molecular flexibility index (Phi) is 4.55. The lowest BCUT2D eigenvalue weighted by Crippen LogP contribution is -2.46. The minimum atomic E-state index is -4.84. The summed E-state index contributed by atoms with van der Waals surface area (Å²) in [6, 6.07) is 0. The average Bonchev–Trinajstić information content (AvgIpc) is 2.67. The highest BCUT2D eigenvalue weighted by molar-refractivity contribution is 5.81. The SMILES string of the molecule is NCCN(CC1CCCO1)C(=O)C(F)(F)F. The number of rotatable bonds is 4. The third-order valence-corrected chi connectivity index (χ3v) is 2.38. The minimum absolute atomic E-state index is 0.00847.